The lowest BCUT2D eigenvalue weighted by Gasteiger charge is -2.11. The molecule has 0 radical (unpaired) electrons. The van der Waals surface area contributed by atoms with Gasteiger partial charge >= 0.3 is 0 Å². The van der Waals surface area contributed by atoms with E-state index in [2.05, 4.69) is 27.4 Å². The molecule has 0 aromatic rings. The molecule has 0 nitrogen and oxygen atoms in total. The first-order chi connectivity index (χ1) is 3.68. The lowest BCUT2D eigenvalue weighted by Crippen LogP contribution is -2.01. The van der Waals surface area contributed by atoms with E-state index in [-0.39, 0.29) is 0 Å². The largest absolute Gasteiger partial charge is 0.103 e. The van der Waals surface area contributed by atoms with Gasteiger partial charge in [-0.25, -0.2) is 0 Å². The molecule has 0 spiro atoms. The van der Waals surface area contributed by atoms with Gasteiger partial charge in [0.1, 0.15) is 0 Å². The van der Waals surface area contributed by atoms with Crippen LogP contribution in [-0.4, -0.2) is 0 Å². The fraction of sp³-hybridized carbons (Fsp3) is 0.750. The molecule has 48 valence electrons. The van der Waals surface area contributed by atoms with Gasteiger partial charge in [-0.15, -0.1) is 6.58 Å². The highest BCUT2D eigenvalue weighted by Gasteiger charge is 2.02. The Morgan fingerprint density at radius 1 is 1.38 bits per heavy atom. The highest BCUT2D eigenvalue weighted by molar-refractivity contribution is 4.71. The Hall–Kier alpha value is -0.260. The van der Waals surface area contributed by atoms with Crippen LogP contribution in [0.3, 0.4) is 0 Å². The van der Waals surface area contributed by atoms with E-state index in [1.165, 1.54) is 0 Å². The minimum absolute atomic E-state index is 0.799. The summed E-state index contributed by atoms with van der Waals surface area (Å²) in [6.45, 7) is 10.4. The SMILES string of the molecule is C=CC[C@@H](C)C(C)C. The number of hydrogen-bond donors (Lipinski definition) is 0. The summed E-state index contributed by atoms with van der Waals surface area (Å²) in [6, 6.07) is 0. The molecule has 1 atom stereocenters. The van der Waals surface area contributed by atoms with Gasteiger partial charge in [-0.1, -0.05) is 26.8 Å². The molecule has 0 heteroatoms. The van der Waals surface area contributed by atoms with Crippen LogP contribution in [0, 0.1) is 11.8 Å². The van der Waals surface area contributed by atoms with Crippen LogP contribution in [-0.2, 0) is 0 Å². The van der Waals surface area contributed by atoms with E-state index < -0.39 is 0 Å². The predicted molar refractivity (Wildman–Crippen MR) is 38.8 cm³/mol. The van der Waals surface area contributed by atoms with E-state index in [1.807, 2.05) is 6.08 Å². The van der Waals surface area contributed by atoms with E-state index in [4.69, 9.17) is 0 Å². The van der Waals surface area contributed by atoms with E-state index in [0.717, 1.165) is 18.3 Å². The molecule has 0 N–H and O–H groups in total. The van der Waals surface area contributed by atoms with E-state index in [1.54, 1.807) is 0 Å². The van der Waals surface area contributed by atoms with Gasteiger partial charge in [0.15, 0.2) is 0 Å². The molecule has 8 heavy (non-hydrogen) atoms. The number of rotatable bonds is 3. The average molecular weight is 112 g/mol. The molecule has 0 aromatic carbocycles. The zero-order chi connectivity index (χ0) is 6.57. The van der Waals surface area contributed by atoms with Crippen LogP contribution in [0.15, 0.2) is 12.7 Å². The van der Waals surface area contributed by atoms with Crippen molar-refractivity contribution in [2.45, 2.75) is 27.2 Å². The van der Waals surface area contributed by atoms with Crippen molar-refractivity contribution < 1.29 is 0 Å². The second-order valence-corrected chi connectivity index (χ2v) is 2.75. The predicted octanol–water partition coefficient (Wildman–Crippen LogP) is 2.85. The first kappa shape index (κ1) is 7.74. The van der Waals surface area contributed by atoms with Crippen LogP contribution in [0.25, 0.3) is 0 Å². The van der Waals surface area contributed by atoms with Crippen LogP contribution in [0.1, 0.15) is 27.2 Å². The summed E-state index contributed by atoms with van der Waals surface area (Å²) in [6.07, 6.45) is 3.14. The van der Waals surface area contributed by atoms with Gasteiger partial charge < -0.3 is 0 Å². The summed E-state index contributed by atoms with van der Waals surface area (Å²) in [5.41, 5.74) is 0. The van der Waals surface area contributed by atoms with Crippen LogP contribution in [0.2, 0.25) is 0 Å². The Morgan fingerprint density at radius 2 is 1.88 bits per heavy atom. The van der Waals surface area contributed by atoms with Crippen LogP contribution in [0.4, 0.5) is 0 Å². The normalized spacial score (nSPS) is 14.0. The standard InChI is InChI=1S/C8H16/c1-5-6-8(4)7(2)3/h5,7-8H,1,6H2,2-4H3/t8-/m1/s1. The topological polar surface area (TPSA) is 0 Å². The van der Waals surface area contributed by atoms with Crippen LogP contribution in [0.5, 0.6) is 0 Å². The van der Waals surface area contributed by atoms with E-state index in [0.29, 0.717) is 0 Å². The summed E-state index contributed by atoms with van der Waals surface area (Å²) in [4.78, 5) is 0. The Balaban J connectivity index is 3.30. The summed E-state index contributed by atoms with van der Waals surface area (Å²) in [7, 11) is 0. The molecule has 0 unspecified atom stereocenters. The monoisotopic (exact) mass is 112 g/mol. The summed E-state index contributed by atoms with van der Waals surface area (Å²) < 4.78 is 0. The van der Waals surface area contributed by atoms with Crippen molar-refractivity contribution in [1.82, 2.24) is 0 Å². The Morgan fingerprint density at radius 3 is 2.00 bits per heavy atom. The number of hydrogen-bond acceptors (Lipinski definition) is 0. The molecule has 0 aliphatic rings. The van der Waals surface area contributed by atoms with Gasteiger partial charge in [0, 0.05) is 0 Å². The molecular formula is C8H16. The van der Waals surface area contributed by atoms with Gasteiger partial charge in [-0.05, 0) is 18.3 Å². The molecule has 0 fully saturated rings. The second kappa shape index (κ2) is 3.71. The fourth-order valence-corrected chi connectivity index (χ4v) is 0.535. The quantitative estimate of drug-likeness (QED) is 0.492. The van der Waals surface area contributed by atoms with Crippen LogP contribution >= 0.6 is 0 Å². The van der Waals surface area contributed by atoms with Crippen molar-refractivity contribution in [2.24, 2.45) is 11.8 Å². The molecule has 0 aromatic heterocycles. The highest BCUT2D eigenvalue weighted by Crippen LogP contribution is 2.13. The molecule has 0 aliphatic heterocycles. The highest BCUT2D eigenvalue weighted by atomic mass is 14.1. The minimum atomic E-state index is 0.799. The summed E-state index contributed by atoms with van der Waals surface area (Å²) in [5.74, 6) is 1.60. The Kier molecular flexibility index (Phi) is 3.59. The number of allylic oxidation sites excluding steroid dienone is 1. The molecule has 0 aliphatic carbocycles. The third-order valence-electron chi connectivity index (χ3n) is 1.68. The van der Waals surface area contributed by atoms with Crippen molar-refractivity contribution in [2.75, 3.05) is 0 Å². The second-order valence-electron chi connectivity index (χ2n) is 2.75. The van der Waals surface area contributed by atoms with Crippen molar-refractivity contribution in [1.29, 1.82) is 0 Å². The average Bonchev–Trinajstić information content (AvgIpc) is 1.67. The lowest BCUT2D eigenvalue weighted by molar-refractivity contribution is 0.424. The van der Waals surface area contributed by atoms with Crippen molar-refractivity contribution in [3.63, 3.8) is 0 Å². The minimum Gasteiger partial charge on any atom is -0.103 e. The lowest BCUT2D eigenvalue weighted by atomic mass is 9.95. The van der Waals surface area contributed by atoms with Gasteiger partial charge in [0.25, 0.3) is 0 Å². The van der Waals surface area contributed by atoms with Gasteiger partial charge in [0.05, 0.1) is 0 Å². The maximum atomic E-state index is 3.68. The maximum absolute atomic E-state index is 3.68. The van der Waals surface area contributed by atoms with Gasteiger partial charge in [-0.2, -0.15) is 0 Å². The Bertz CT molecular complexity index is 62.4. The summed E-state index contributed by atoms with van der Waals surface area (Å²) in [5, 5.41) is 0. The molecule has 0 heterocycles. The maximum Gasteiger partial charge on any atom is -0.0325 e. The molecule has 0 amide bonds. The first-order valence-electron chi connectivity index (χ1n) is 3.29. The fourth-order valence-electron chi connectivity index (χ4n) is 0.535. The Labute approximate surface area is 52.6 Å². The molecule has 0 saturated heterocycles. The van der Waals surface area contributed by atoms with E-state index in [9.17, 15) is 0 Å². The van der Waals surface area contributed by atoms with Crippen molar-refractivity contribution in [3.05, 3.63) is 12.7 Å². The molecular weight excluding hydrogens is 96.1 g/mol. The van der Waals surface area contributed by atoms with Gasteiger partial charge in [-0.3, -0.25) is 0 Å². The zero-order valence-electron chi connectivity index (χ0n) is 6.15. The van der Waals surface area contributed by atoms with Gasteiger partial charge in [0.2, 0.25) is 0 Å². The molecule has 0 rings (SSSR count). The third-order valence-corrected chi connectivity index (χ3v) is 1.68. The van der Waals surface area contributed by atoms with Crippen molar-refractivity contribution >= 4 is 0 Å². The molecule has 0 bridgehead atoms. The van der Waals surface area contributed by atoms with E-state index >= 15 is 0 Å². The molecule has 0 saturated carbocycles. The third kappa shape index (κ3) is 2.84. The zero-order valence-corrected chi connectivity index (χ0v) is 6.15. The summed E-state index contributed by atoms with van der Waals surface area (Å²) >= 11 is 0. The van der Waals surface area contributed by atoms with Crippen LogP contribution < -0.4 is 0 Å². The first-order valence-corrected chi connectivity index (χ1v) is 3.29. The smallest absolute Gasteiger partial charge is 0.0325 e. The van der Waals surface area contributed by atoms with Crippen molar-refractivity contribution in [3.8, 4) is 0 Å².